The topological polar surface area (TPSA) is 139 Å². The van der Waals surface area contributed by atoms with Crippen LogP contribution >= 0.6 is 0 Å². The Hall–Kier alpha value is -4.24. The van der Waals surface area contributed by atoms with Crippen molar-refractivity contribution in [3.63, 3.8) is 0 Å². The Kier molecular flexibility index (Phi) is 10.9. The van der Waals surface area contributed by atoms with Crippen molar-refractivity contribution in [2.24, 2.45) is 0 Å². The Morgan fingerprint density at radius 3 is 2.28 bits per heavy atom. The van der Waals surface area contributed by atoms with Gasteiger partial charge in [0, 0.05) is 13.1 Å². The summed E-state index contributed by atoms with van der Waals surface area (Å²) in [5, 5.41) is 8.44. The first-order chi connectivity index (χ1) is 20.7. The lowest BCUT2D eigenvalue weighted by Gasteiger charge is -2.27. The Morgan fingerprint density at radius 2 is 1.67 bits per heavy atom. The number of rotatable bonds is 14. The van der Waals surface area contributed by atoms with Crippen LogP contribution in [0.25, 0.3) is 0 Å². The molecule has 11 heteroatoms. The number of carbonyl (C=O) groups excluding carboxylic acids is 4. The molecule has 0 radical (unpaired) electrons. The second-order valence-electron chi connectivity index (χ2n) is 10.7. The van der Waals surface area contributed by atoms with E-state index in [9.17, 15) is 19.2 Å². The molecule has 2 aromatic carbocycles. The van der Waals surface area contributed by atoms with Crippen LogP contribution in [0.5, 0.6) is 5.75 Å². The van der Waals surface area contributed by atoms with Crippen LogP contribution in [-0.4, -0.2) is 92.7 Å². The summed E-state index contributed by atoms with van der Waals surface area (Å²) in [6, 6.07) is 13.7. The quantitative estimate of drug-likeness (QED) is 0.217. The fourth-order valence-corrected chi connectivity index (χ4v) is 4.85. The number of morpholine rings is 1. The molecule has 0 bridgehead atoms. The van der Waals surface area contributed by atoms with Gasteiger partial charge < -0.3 is 30.2 Å². The van der Waals surface area contributed by atoms with Crippen LogP contribution in [0.4, 0.5) is 0 Å². The van der Waals surface area contributed by atoms with Crippen molar-refractivity contribution in [3.05, 3.63) is 65.7 Å². The number of carbonyl (C=O) groups is 4. The van der Waals surface area contributed by atoms with E-state index in [0.717, 1.165) is 5.56 Å². The average molecular weight is 591 g/mol. The Balaban J connectivity index is 1.45. The van der Waals surface area contributed by atoms with E-state index >= 15 is 0 Å². The van der Waals surface area contributed by atoms with Gasteiger partial charge in [0.25, 0.3) is 0 Å². The fraction of sp³-hybridized carbons (Fsp3) is 0.438. The van der Waals surface area contributed by atoms with E-state index in [4.69, 9.17) is 20.6 Å². The molecule has 43 heavy (non-hydrogen) atoms. The van der Waals surface area contributed by atoms with E-state index in [1.165, 1.54) is 0 Å². The number of ketones is 1. The summed E-state index contributed by atoms with van der Waals surface area (Å²) in [5.41, 5.74) is 0.147. The molecular weight excluding hydrogens is 552 g/mol. The second kappa shape index (κ2) is 14.8. The lowest BCUT2D eigenvalue weighted by molar-refractivity contribution is -0.131. The van der Waals surface area contributed by atoms with E-state index in [-0.39, 0.29) is 31.9 Å². The first kappa shape index (κ1) is 31.7. The first-order valence-corrected chi connectivity index (χ1v) is 14.3. The maximum Gasteiger partial charge on any atom is 0.242 e. The summed E-state index contributed by atoms with van der Waals surface area (Å²) in [7, 11) is 1.54. The minimum Gasteiger partial charge on any atom is -0.497 e. The lowest BCUT2D eigenvalue weighted by Crippen LogP contribution is -2.51. The van der Waals surface area contributed by atoms with Crippen molar-refractivity contribution >= 4 is 23.5 Å². The number of methoxy groups -OCH3 is 1. The van der Waals surface area contributed by atoms with Crippen LogP contribution in [0.1, 0.15) is 30.5 Å². The van der Waals surface area contributed by atoms with E-state index in [1.54, 1.807) is 38.3 Å². The lowest BCUT2D eigenvalue weighted by atomic mass is 9.93. The molecule has 0 spiro atoms. The van der Waals surface area contributed by atoms with Crippen molar-refractivity contribution in [2.75, 3.05) is 46.6 Å². The third-order valence-corrected chi connectivity index (χ3v) is 7.46. The van der Waals surface area contributed by atoms with Crippen molar-refractivity contribution < 1.29 is 33.4 Å². The minimum absolute atomic E-state index is 0.100. The van der Waals surface area contributed by atoms with Gasteiger partial charge in [0.15, 0.2) is 0 Å². The van der Waals surface area contributed by atoms with Crippen LogP contribution in [0.2, 0.25) is 0 Å². The molecule has 3 N–H and O–H groups in total. The zero-order valence-corrected chi connectivity index (χ0v) is 24.5. The standard InChI is InChI=1S/C32H38N4O7/c1-4-32(21-43-32)30(39)27(18-23-8-6-5-7-9-23)34-28(37)19-26(24-10-12-25(41-3)13-11-24)35-31(40)22(2)33-29(38)20-36-14-16-42-17-15-36/h1,5-13,22,26-27H,14-21H2,2-3H3,(H,33,38)(H,34,37)(H,35,40)/t22-,26+,27-,32+/m0/s1. The summed E-state index contributed by atoms with van der Waals surface area (Å²) in [6.07, 6.45) is 5.63. The third kappa shape index (κ3) is 8.88. The van der Waals surface area contributed by atoms with E-state index in [1.807, 2.05) is 35.2 Å². The molecule has 4 atom stereocenters. The van der Waals surface area contributed by atoms with Crippen LogP contribution in [0.15, 0.2) is 54.6 Å². The molecule has 3 amide bonds. The molecular formula is C32H38N4O7. The van der Waals surface area contributed by atoms with Crippen LogP contribution in [-0.2, 0) is 35.1 Å². The predicted molar refractivity (Wildman–Crippen MR) is 158 cm³/mol. The van der Waals surface area contributed by atoms with Gasteiger partial charge in [-0.25, -0.2) is 0 Å². The number of epoxide rings is 1. The minimum atomic E-state index is -1.34. The molecule has 2 aromatic rings. The summed E-state index contributed by atoms with van der Waals surface area (Å²) in [5.74, 6) is 1.42. The first-order valence-electron chi connectivity index (χ1n) is 14.3. The van der Waals surface area contributed by atoms with Gasteiger partial charge in [-0.2, -0.15) is 0 Å². The molecule has 0 saturated carbocycles. The number of hydrogen-bond donors (Lipinski definition) is 3. The van der Waals surface area contributed by atoms with Gasteiger partial charge in [0.1, 0.15) is 11.8 Å². The number of Topliss-reactive ketones (excluding diaryl/α,β-unsaturated/α-hetero) is 1. The van der Waals surface area contributed by atoms with Gasteiger partial charge in [-0.3, -0.25) is 24.1 Å². The Bertz CT molecular complexity index is 1320. The highest BCUT2D eigenvalue weighted by Gasteiger charge is 2.53. The molecule has 228 valence electrons. The zero-order chi connectivity index (χ0) is 30.8. The SMILES string of the molecule is C#C[C@]1(C(=O)[C@H](Cc2ccccc2)NC(=O)C[C@@H](NC(=O)[C@H](C)NC(=O)CN2CCOCC2)c2ccc(OC)cc2)CO1. The molecule has 0 aliphatic carbocycles. The van der Waals surface area contributed by atoms with Crippen molar-refractivity contribution in [3.8, 4) is 18.1 Å². The third-order valence-electron chi connectivity index (χ3n) is 7.46. The molecule has 0 unspecified atom stereocenters. The van der Waals surface area contributed by atoms with E-state index < -0.39 is 41.3 Å². The summed E-state index contributed by atoms with van der Waals surface area (Å²) in [4.78, 5) is 54.5. The molecule has 2 aliphatic rings. The predicted octanol–water partition coefficient (Wildman–Crippen LogP) is 0.778. The smallest absolute Gasteiger partial charge is 0.242 e. The van der Waals surface area contributed by atoms with E-state index in [2.05, 4.69) is 21.9 Å². The number of nitrogens with one attached hydrogen (secondary N) is 3. The molecule has 4 rings (SSSR count). The largest absolute Gasteiger partial charge is 0.497 e. The van der Waals surface area contributed by atoms with Gasteiger partial charge in [-0.05, 0) is 36.6 Å². The fourth-order valence-electron chi connectivity index (χ4n) is 4.85. The molecule has 11 nitrogen and oxygen atoms in total. The van der Waals surface area contributed by atoms with Gasteiger partial charge in [-0.1, -0.05) is 48.4 Å². The average Bonchev–Trinajstić information content (AvgIpc) is 3.82. The zero-order valence-electron chi connectivity index (χ0n) is 24.5. The summed E-state index contributed by atoms with van der Waals surface area (Å²) < 4.78 is 15.8. The molecule has 2 saturated heterocycles. The van der Waals surface area contributed by atoms with Gasteiger partial charge in [0.05, 0.1) is 52.0 Å². The molecule has 2 heterocycles. The maximum absolute atomic E-state index is 13.4. The number of nitrogens with zero attached hydrogens (tertiary/aromatic N) is 1. The maximum atomic E-state index is 13.4. The molecule has 0 aromatic heterocycles. The van der Waals surface area contributed by atoms with E-state index in [0.29, 0.717) is 37.6 Å². The van der Waals surface area contributed by atoms with Gasteiger partial charge in [-0.15, -0.1) is 6.42 Å². The van der Waals surface area contributed by atoms with Crippen molar-refractivity contribution in [1.82, 2.24) is 20.9 Å². The molecule has 2 fully saturated rings. The van der Waals surface area contributed by atoms with Gasteiger partial charge >= 0.3 is 0 Å². The van der Waals surface area contributed by atoms with Crippen LogP contribution in [0.3, 0.4) is 0 Å². The number of amides is 3. The number of terminal acetylenes is 1. The van der Waals surface area contributed by atoms with Crippen LogP contribution < -0.4 is 20.7 Å². The molecule has 2 aliphatic heterocycles. The van der Waals surface area contributed by atoms with Gasteiger partial charge in [0.2, 0.25) is 29.1 Å². The number of benzene rings is 2. The van der Waals surface area contributed by atoms with Crippen LogP contribution in [0, 0.1) is 12.3 Å². The highest BCUT2D eigenvalue weighted by Crippen LogP contribution is 2.29. The summed E-state index contributed by atoms with van der Waals surface area (Å²) >= 11 is 0. The highest BCUT2D eigenvalue weighted by atomic mass is 16.6. The number of hydrogen-bond acceptors (Lipinski definition) is 8. The summed E-state index contributed by atoms with van der Waals surface area (Å²) in [6.45, 7) is 4.25. The second-order valence-corrected chi connectivity index (χ2v) is 10.7. The van der Waals surface area contributed by atoms with Crippen molar-refractivity contribution in [1.29, 1.82) is 0 Å². The van der Waals surface area contributed by atoms with Crippen molar-refractivity contribution in [2.45, 2.75) is 43.5 Å². The Morgan fingerprint density at radius 1 is 1.00 bits per heavy atom. The normalized spacial score (nSPS) is 20.0. The monoisotopic (exact) mass is 590 g/mol. The Labute approximate surface area is 251 Å². The highest BCUT2D eigenvalue weighted by molar-refractivity contribution is 5.99. The number of ether oxygens (including phenoxy) is 3.